The second-order valence-corrected chi connectivity index (χ2v) is 8.08. The molecule has 2 aromatic rings. The minimum Gasteiger partial charge on any atom is -0.381 e. The van der Waals surface area contributed by atoms with Gasteiger partial charge in [-0.05, 0) is 30.2 Å². The predicted molar refractivity (Wildman–Crippen MR) is 96.2 cm³/mol. The van der Waals surface area contributed by atoms with Crippen LogP contribution in [-0.2, 0) is 14.9 Å². The number of rotatable bonds is 7. The molecule has 2 aromatic carbocycles. The Morgan fingerprint density at radius 2 is 1.93 bits per heavy atom. The van der Waals surface area contributed by atoms with Crippen molar-refractivity contribution in [2.75, 3.05) is 19.5 Å². The number of benzene rings is 2. The standard InChI is InChI=1S/C17H18FN3O5S/c1-20(26-2)27(24,25)17-9-13(21(22)23)7-8-15(17)19-16-10-14(16)11-3-5-12(18)6-4-11/h3-9,14,16,19H,10H2,1-2H3/t14-,16+/m0/s1. The highest BCUT2D eigenvalue weighted by Crippen LogP contribution is 2.44. The van der Waals surface area contributed by atoms with Gasteiger partial charge in [0.15, 0.2) is 0 Å². The normalized spacial score (nSPS) is 19.1. The van der Waals surface area contributed by atoms with Crippen LogP contribution in [0.4, 0.5) is 15.8 Å². The molecule has 8 nitrogen and oxygen atoms in total. The molecule has 1 aliphatic rings. The van der Waals surface area contributed by atoms with E-state index in [1.165, 1.54) is 38.4 Å². The number of hydrogen-bond donors (Lipinski definition) is 1. The van der Waals surface area contributed by atoms with Gasteiger partial charge in [-0.3, -0.25) is 15.0 Å². The van der Waals surface area contributed by atoms with Gasteiger partial charge in [0, 0.05) is 31.1 Å². The number of halogens is 1. The maximum Gasteiger partial charge on any atom is 0.270 e. The van der Waals surface area contributed by atoms with E-state index in [-0.39, 0.29) is 34.0 Å². The van der Waals surface area contributed by atoms with Gasteiger partial charge in [-0.25, -0.2) is 12.8 Å². The van der Waals surface area contributed by atoms with Gasteiger partial charge in [0.1, 0.15) is 10.7 Å². The summed E-state index contributed by atoms with van der Waals surface area (Å²) in [6.45, 7) is 0. The van der Waals surface area contributed by atoms with E-state index in [2.05, 4.69) is 5.32 Å². The van der Waals surface area contributed by atoms with Crippen LogP contribution in [0.2, 0.25) is 0 Å². The Balaban J connectivity index is 1.89. The molecule has 2 atom stereocenters. The van der Waals surface area contributed by atoms with Crippen LogP contribution < -0.4 is 5.32 Å². The Morgan fingerprint density at radius 3 is 2.52 bits per heavy atom. The van der Waals surface area contributed by atoms with E-state index in [1.807, 2.05) is 0 Å². The minimum absolute atomic E-state index is 0.0567. The molecule has 1 N–H and O–H groups in total. The molecule has 0 heterocycles. The third-order valence-electron chi connectivity index (χ3n) is 4.48. The molecule has 1 fully saturated rings. The first kappa shape index (κ1) is 19.2. The average Bonchev–Trinajstić information content (AvgIpc) is 3.40. The minimum atomic E-state index is -4.09. The zero-order chi connectivity index (χ0) is 19.8. The Kier molecular flexibility index (Phi) is 5.13. The molecule has 10 heteroatoms. The Bertz CT molecular complexity index is 965. The van der Waals surface area contributed by atoms with Gasteiger partial charge >= 0.3 is 0 Å². The number of nitrogens with zero attached hydrogens (tertiary/aromatic N) is 2. The highest BCUT2D eigenvalue weighted by atomic mass is 32.2. The van der Waals surface area contributed by atoms with E-state index >= 15 is 0 Å². The number of non-ortho nitro benzene ring substituents is 1. The van der Waals surface area contributed by atoms with Crippen LogP contribution in [0.3, 0.4) is 0 Å². The Labute approximate surface area is 155 Å². The molecule has 0 radical (unpaired) electrons. The summed E-state index contributed by atoms with van der Waals surface area (Å²) in [4.78, 5) is 14.9. The summed E-state index contributed by atoms with van der Waals surface area (Å²) < 4.78 is 39.0. The maximum absolute atomic E-state index is 13.1. The van der Waals surface area contributed by atoms with Crippen molar-refractivity contribution in [1.29, 1.82) is 0 Å². The molecule has 27 heavy (non-hydrogen) atoms. The van der Waals surface area contributed by atoms with Crippen molar-refractivity contribution in [2.24, 2.45) is 0 Å². The molecule has 0 spiro atoms. The van der Waals surface area contributed by atoms with Crippen LogP contribution in [0.15, 0.2) is 47.4 Å². The lowest BCUT2D eigenvalue weighted by Gasteiger charge is -2.17. The van der Waals surface area contributed by atoms with Crippen LogP contribution in [0, 0.1) is 15.9 Å². The molecular weight excluding hydrogens is 377 g/mol. The van der Waals surface area contributed by atoms with Crippen molar-refractivity contribution < 1.29 is 22.6 Å². The van der Waals surface area contributed by atoms with E-state index in [1.54, 1.807) is 12.1 Å². The molecular formula is C17H18FN3O5S. The third kappa shape index (κ3) is 3.92. The molecule has 0 saturated heterocycles. The Morgan fingerprint density at radius 1 is 1.26 bits per heavy atom. The van der Waals surface area contributed by atoms with Gasteiger partial charge in [0.25, 0.3) is 15.7 Å². The smallest absolute Gasteiger partial charge is 0.270 e. The zero-order valence-corrected chi connectivity index (χ0v) is 15.4. The number of anilines is 1. The molecule has 0 unspecified atom stereocenters. The fourth-order valence-corrected chi connectivity index (χ4v) is 3.97. The van der Waals surface area contributed by atoms with Gasteiger partial charge in [0.05, 0.1) is 17.7 Å². The fourth-order valence-electron chi connectivity index (χ4n) is 2.83. The summed E-state index contributed by atoms with van der Waals surface area (Å²) in [6.07, 6.45) is 0.738. The summed E-state index contributed by atoms with van der Waals surface area (Å²) in [5.74, 6) is -0.216. The van der Waals surface area contributed by atoms with E-state index < -0.39 is 14.9 Å². The first-order valence-corrected chi connectivity index (χ1v) is 9.51. The van der Waals surface area contributed by atoms with Crippen molar-refractivity contribution in [3.05, 3.63) is 64.0 Å². The van der Waals surface area contributed by atoms with Gasteiger partial charge in [0.2, 0.25) is 0 Å². The van der Waals surface area contributed by atoms with Crippen molar-refractivity contribution in [1.82, 2.24) is 4.47 Å². The summed E-state index contributed by atoms with van der Waals surface area (Å²) in [5, 5.41) is 14.2. The second-order valence-electron chi connectivity index (χ2n) is 6.18. The third-order valence-corrected chi connectivity index (χ3v) is 6.20. The molecule has 3 rings (SSSR count). The molecule has 1 aliphatic carbocycles. The number of nitrogens with one attached hydrogen (secondary N) is 1. The number of sulfonamides is 1. The van der Waals surface area contributed by atoms with E-state index in [0.29, 0.717) is 4.47 Å². The SMILES string of the molecule is CON(C)S(=O)(=O)c1cc([N+](=O)[O-])ccc1N[C@@H]1C[C@H]1c1ccc(F)cc1. The number of nitro benzene ring substituents is 1. The van der Waals surface area contributed by atoms with Gasteiger partial charge in [-0.2, -0.15) is 0 Å². The van der Waals surface area contributed by atoms with E-state index in [9.17, 15) is 22.9 Å². The van der Waals surface area contributed by atoms with Crippen LogP contribution in [0.1, 0.15) is 17.9 Å². The van der Waals surface area contributed by atoms with Crippen molar-refractivity contribution in [3.63, 3.8) is 0 Å². The summed E-state index contributed by atoms with van der Waals surface area (Å²) in [5.41, 5.74) is 0.850. The zero-order valence-electron chi connectivity index (χ0n) is 14.6. The maximum atomic E-state index is 13.1. The molecule has 0 aliphatic heterocycles. The lowest BCUT2D eigenvalue weighted by molar-refractivity contribution is -0.385. The van der Waals surface area contributed by atoms with Gasteiger partial charge in [-0.15, -0.1) is 0 Å². The predicted octanol–water partition coefficient (Wildman–Crippen LogP) is 2.88. The summed E-state index contributed by atoms with van der Waals surface area (Å²) in [7, 11) is -1.69. The highest BCUT2D eigenvalue weighted by molar-refractivity contribution is 7.89. The number of nitro groups is 1. The van der Waals surface area contributed by atoms with Crippen LogP contribution in [-0.4, -0.2) is 38.0 Å². The summed E-state index contributed by atoms with van der Waals surface area (Å²) in [6, 6.07) is 9.68. The molecule has 1 saturated carbocycles. The first-order chi connectivity index (χ1) is 12.7. The molecule has 0 bridgehead atoms. The lowest BCUT2D eigenvalue weighted by Crippen LogP contribution is -2.27. The molecule has 0 amide bonds. The molecule has 0 aromatic heterocycles. The van der Waals surface area contributed by atoms with E-state index in [4.69, 9.17) is 4.84 Å². The average molecular weight is 395 g/mol. The first-order valence-electron chi connectivity index (χ1n) is 8.07. The highest BCUT2D eigenvalue weighted by Gasteiger charge is 2.39. The number of hydroxylamine groups is 1. The topological polar surface area (TPSA) is 102 Å². The largest absolute Gasteiger partial charge is 0.381 e. The summed E-state index contributed by atoms with van der Waals surface area (Å²) >= 11 is 0. The van der Waals surface area contributed by atoms with Gasteiger partial charge < -0.3 is 5.32 Å². The fraction of sp³-hybridized carbons (Fsp3) is 0.294. The lowest BCUT2D eigenvalue weighted by atomic mass is 10.1. The second kappa shape index (κ2) is 7.22. The van der Waals surface area contributed by atoms with Crippen molar-refractivity contribution in [3.8, 4) is 0 Å². The van der Waals surface area contributed by atoms with Crippen LogP contribution >= 0.6 is 0 Å². The molecule has 144 valence electrons. The van der Waals surface area contributed by atoms with Crippen molar-refractivity contribution >= 4 is 21.4 Å². The van der Waals surface area contributed by atoms with Crippen molar-refractivity contribution in [2.45, 2.75) is 23.3 Å². The number of hydrogen-bond acceptors (Lipinski definition) is 6. The van der Waals surface area contributed by atoms with Crippen LogP contribution in [0.5, 0.6) is 0 Å². The Hall–Kier alpha value is -2.56. The monoisotopic (exact) mass is 395 g/mol. The van der Waals surface area contributed by atoms with E-state index in [0.717, 1.165) is 18.1 Å². The quantitative estimate of drug-likeness (QED) is 0.571. The van der Waals surface area contributed by atoms with Gasteiger partial charge in [-0.1, -0.05) is 16.6 Å². The van der Waals surface area contributed by atoms with Crippen LogP contribution in [0.25, 0.3) is 0 Å².